The molecule has 2 heterocycles. The van der Waals surface area contributed by atoms with Crippen molar-refractivity contribution in [2.75, 3.05) is 18.1 Å². The molecule has 0 aliphatic carbocycles. The van der Waals surface area contributed by atoms with Gasteiger partial charge in [0.05, 0.1) is 6.21 Å². The Hall–Kier alpha value is -3.10. The summed E-state index contributed by atoms with van der Waals surface area (Å²) in [5, 5.41) is 11.9. The number of hydrogen-bond acceptors (Lipinski definition) is 8. The van der Waals surface area contributed by atoms with E-state index in [1.54, 1.807) is 18.3 Å². The predicted molar refractivity (Wildman–Crippen MR) is 88.9 cm³/mol. The maximum Gasteiger partial charge on any atom is 0.295 e. The van der Waals surface area contributed by atoms with Crippen molar-refractivity contribution in [3.05, 3.63) is 39.8 Å². The van der Waals surface area contributed by atoms with Crippen LogP contribution in [0.2, 0.25) is 0 Å². The number of ether oxygens (including phenoxy) is 2. The highest BCUT2D eigenvalue weighted by Crippen LogP contribution is 2.31. The van der Waals surface area contributed by atoms with Gasteiger partial charge in [0.1, 0.15) is 5.69 Å². The molecule has 0 saturated heterocycles. The van der Waals surface area contributed by atoms with E-state index in [-0.39, 0.29) is 18.4 Å². The second-order valence-electron chi connectivity index (χ2n) is 6.28. The fourth-order valence-electron chi connectivity index (χ4n) is 2.10. The van der Waals surface area contributed by atoms with Crippen LogP contribution in [-0.4, -0.2) is 27.9 Å². The first-order chi connectivity index (χ1) is 11.4. The standard InChI is InChI=1S/C15H18N6O3/c1-15(2,3)12-13(22)21(16)14(20-18-12)19-17-7-9-4-5-10-11(6-9)24-8-23-10/h4-7H,8,16H2,1-3H3,(H,19,20)/b17-7+. The van der Waals surface area contributed by atoms with E-state index in [0.717, 1.165) is 10.2 Å². The second-order valence-corrected chi connectivity index (χ2v) is 6.28. The summed E-state index contributed by atoms with van der Waals surface area (Å²) >= 11 is 0. The van der Waals surface area contributed by atoms with Crippen LogP contribution in [0.15, 0.2) is 28.1 Å². The number of nitrogens with one attached hydrogen (secondary N) is 1. The molecule has 0 bridgehead atoms. The van der Waals surface area contributed by atoms with Crippen molar-refractivity contribution in [3.8, 4) is 11.5 Å². The Morgan fingerprint density at radius 3 is 2.79 bits per heavy atom. The van der Waals surface area contributed by atoms with Crippen LogP contribution in [0.1, 0.15) is 32.0 Å². The van der Waals surface area contributed by atoms with Gasteiger partial charge < -0.3 is 15.3 Å². The van der Waals surface area contributed by atoms with Crippen molar-refractivity contribution in [2.45, 2.75) is 26.2 Å². The summed E-state index contributed by atoms with van der Waals surface area (Å²) in [5.41, 5.74) is 2.82. The van der Waals surface area contributed by atoms with Crippen molar-refractivity contribution in [3.63, 3.8) is 0 Å². The highest BCUT2D eigenvalue weighted by molar-refractivity contribution is 5.81. The zero-order valence-corrected chi connectivity index (χ0v) is 13.6. The molecule has 1 aliphatic heterocycles. The molecule has 0 atom stereocenters. The van der Waals surface area contributed by atoms with E-state index in [1.165, 1.54) is 0 Å². The Balaban J connectivity index is 1.77. The van der Waals surface area contributed by atoms with Crippen LogP contribution < -0.4 is 26.3 Å². The Kier molecular flexibility index (Phi) is 3.84. The van der Waals surface area contributed by atoms with Gasteiger partial charge in [0.25, 0.3) is 11.5 Å². The highest BCUT2D eigenvalue weighted by Gasteiger charge is 2.22. The van der Waals surface area contributed by atoms with Gasteiger partial charge in [-0.25, -0.2) is 5.43 Å². The quantitative estimate of drug-likeness (QED) is 0.486. The molecule has 126 valence electrons. The van der Waals surface area contributed by atoms with Gasteiger partial charge in [-0.2, -0.15) is 9.78 Å². The van der Waals surface area contributed by atoms with Gasteiger partial charge in [-0.15, -0.1) is 10.2 Å². The van der Waals surface area contributed by atoms with Crippen LogP contribution >= 0.6 is 0 Å². The van der Waals surface area contributed by atoms with Crippen molar-refractivity contribution >= 4 is 12.2 Å². The third-order valence-electron chi connectivity index (χ3n) is 3.38. The van der Waals surface area contributed by atoms with Crippen molar-refractivity contribution in [1.29, 1.82) is 0 Å². The first-order valence-corrected chi connectivity index (χ1v) is 7.30. The molecular weight excluding hydrogens is 312 g/mol. The number of nitrogens with two attached hydrogens (primary N) is 1. The van der Waals surface area contributed by atoms with Gasteiger partial charge in [-0.1, -0.05) is 20.8 Å². The lowest BCUT2D eigenvalue weighted by Crippen LogP contribution is -2.38. The Morgan fingerprint density at radius 1 is 1.29 bits per heavy atom. The van der Waals surface area contributed by atoms with Gasteiger partial charge in [0.2, 0.25) is 6.79 Å². The smallest absolute Gasteiger partial charge is 0.295 e. The van der Waals surface area contributed by atoms with Crippen LogP contribution in [0.25, 0.3) is 0 Å². The second kappa shape index (κ2) is 5.84. The van der Waals surface area contributed by atoms with Gasteiger partial charge >= 0.3 is 0 Å². The minimum Gasteiger partial charge on any atom is -0.454 e. The van der Waals surface area contributed by atoms with Crippen LogP contribution in [0.3, 0.4) is 0 Å². The molecule has 0 amide bonds. The maximum absolute atomic E-state index is 12.2. The number of rotatable bonds is 3. The fraction of sp³-hybridized carbons (Fsp3) is 0.333. The number of anilines is 1. The molecule has 1 aliphatic rings. The van der Waals surface area contributed by atoms with E-state index in [4.69, 9.17) is 15.3 Å². The van der Waals surface area contributed by atoms with Crippen molar-refractivity contribution in [2.24, 2.45) is 5.10 Å². The maximum atomic E-state index is 12.2. The average Bonchev–Trinajstić information content (AvgIpc) is 2.98. The van der Waals surface area contributed by atoms with Gasteiger partial charge in [-0.3, -0.25) is 4.79 Å². The number of fused-ring (bicyclic) bond motifs is 1. The summed E-state index contributed by atoms with van der Waals surface area (Å²) in [6, 6.07) is 5.40. The molecule has 0 saturated carbocycles. The number of hydrogen-bond donors (Lipinski definition) is 2. The number of benzene rings is 1. The monoisotopic (exact) mass is 330 g/mol. The van der Waals surface area contributed by atoms with Gasteiger partial charge in [-0.05, 0) is 23.8 Å². The first-order valence-electron chi connectivity index (χ1n) is 7.30. The first kappa shape index (κ1) is 15.8. The molecule has 9 nitrogen and oxygen atoms in total. The Bertz CT molecular complexity index is 853. The van der Waals surface area contributed by atoms with E-state index in [2.05, 4.69) is 20.7 Å². The van der Waals surface area contributed by atoms with Crippen molar-refractivity contribution in [1.82, 2.24) is 14.9 Å². The van der Waals surface area contributed by atoms with Gasteiger partial charge in [0, 0.05) is 5.41 Å². The fourth-order valence-corrected chi connectivity index (χ4v) is 2.10. The molecule has 1 aromatic carbocycles. The molecule has 0 radical (unpaired) electrons. The zero-order valence-electron chi connectivity index (χ0n) is 13.6. The summed E-state index contributed by atoms with van der Waals surface area (Å²) in [5.74, 6) is 7.16. The molecule has 0 spiro atoms. The molecule has 3 N–H and O–H groups in total. The zero-order chi connectivity index (χ0) is 17.3. The molecule has 24 heavy (non-hydrogen) atoms. The predicted octanol–water partition coefficient (Wildman–Crippen LogP) is 0.824. The number of aromatic nitrogens is 3. The summed E-state index contributed by atoms with van der Waals surface area (Å²) in [4.78, 5) is 12.2. The van der Waals surface area contributed by atoms with Crippen LogP contribution in [0.5, 0.6) is 11.5 Å². The van der Waals surface area contributed by atoms with Crippen LogP contribution in [0.4, 0.5) is 5.95 Å². The van der Waals surface area contributed by atoms with E-state index >= 15 is 0 Å². The van der Waals surface area contributed by atoms with Gasteiger partial charge in [0.15, 0.2) is 11.5 Å². The van der Waals surface area contributed by atoms with E-state index in [0.29, 0.717) is 11.5 Å². The molecule has 0 unspecified atom stereocenters. The lowest BCUT2D eigenvalue weighted by atomic mass is 9.93. The number of nitrogen functional groups attached to an aromatic ring is 1. The normalized spacial score (nSPS) is 13.5. The molecule has 9 heteroatoms. The largest absolute Gasteiger partial charge is 0.454 e. The number of hydrazone groups is 1. The summed E-state index contributed by atoms with van der Waals surface area (Å²) < 4.78 is 11.4. The Morgan fingerprint density at radius 2 is 2.04 bits per heavy atom. The summed E-state index contributed by atoms with van der Waals surface area (Å²) in [6.45, 7) is 5.80. The summed E-state index contributed by atoms with van der Waals surface area (Å²) in [7, 11) is 0. The lowest BCUT2D eigenvalue weighted by Gasteiger charge is -2.16. The topological polar surface area (TPSA) is 117 Å². The molecule has 1 aromatic heterocycles. The van der Waals surface area contributed by atoms with Crippen molar-refractivity contribution < 1.29 is 9.47 Å². The van der Waals surface area contributed by atoms with E-state index in [1.807, 2.05) is 26.8 Å². The average molecular weight is 330 g/mol. The highest BCUT2D eigenvalue weighted by atomic mass is 16.7. The van der Waals surface area contributed by atoms with E-state index < -0.39 is 11.0 Å². The van der Waals surface area contributed by atoms with Crippen LogP contribution in [0, 0.1) is 0 Å². The molecule has 0 fully saturated rings. The molecular formula is C15H18N6O3. The molecule has 2 aromatic rings. The molecule has 3 rings (SSSR count). The van der Waals surface area contributed by atoms with Crippen LogP contribution in [-0.2, 0) is 5.41 Å². The Labute approximate surface area is 138 Å². The lowest BCUT2D eigenvalue weighted by molar-refractivity contribution is 0.174. The third-order valence-corrected chi connectivity index (χ3v) is 3.38. The third kappa shape index (κ3) is 3.00. The number of nitrogens with zero attached hydrogens (tertiary/aromatic N) is 4. The SMILES string of the molecule is CC(C)(C)c1nnc(N/N=C/c2ccc3c(c2)OCO3)n(N)c1=O. The minimum atomic E-state index is -0.445. The van der Waals surface area contributed by atoms with E-state index in [9.17, 15) is 4.79 Å². The minimum absolute atomic E-state index is 0.0463. The summed E-state index contributed by atoms with van der Waals surface area (Å²) in [6.07, 6.45) is 1.55.